The molecule has 0 amide bonds. The van der Waals surface area contributed by atoms with Crippen molar-refractivity contribution in [2.24, 2.45) is 0 Å². The normalized spacial score (nSPS) is 29.5. The van der Waals surface area contributed by atoms with Crippen LogP contribution in [0.3, 0.4) is 0 Å². The minimum absolute atomic E-state index is 0.697. The summed E-state index contributed by atoms with van der Waals surface area (Å²) in [6, 6.07) is 5.65. The molecule has 2 atom stereocenters. The Morgan fingerprint density at radius 1 is 1.38 bits per heavy atom. The molecule has 2 saturated heterocycles. The predicted molar refractivity (Wildman–Crippen MR) is 64.1 cm³/mol. The van der Waals surface area contributed by atoms with Crippen molar-refractivity contribution in [2.45, 2.75) is 37.9 Å². The Kier molecular flexibility index (Phi) is 2.89. The first-order valence-electron chi connectivity index (χ1n) is 6.30. The highest BCUT2D eigenvalue weighted by molar-refractivity contribution is 5.08. The molecule has 2 aliphatic heterocycles. The van der Waals surface area contributed by atoms with Crippen LogP contribution in [0.4, 0.5) is 0 Å². The van der Waals surface area contributed by atoms with Crippen molar-refractivity contribution in [1.29, 1.82) is 0 Å². The van der Waals surface area contributed by atoms with Crippen molar-refractivity contribution in [3.8, 4) is 0 Å². The van der Waals surface area contributed by atoms with E-state index in [0.717, 1.165) is 12.6 Å². The number of pyridine rings is 1. The number of rotatable bonds is 3. The smallest absolute Gasteiger partial charge is 0.0312 e. The van der Waals surface area contributed by atoms with E-state index in [1.54, 1.807) is 0 Å². The molecule has 3 rings (SSSR count). The molecule has 2 fully saturated rings. The highest BCUT2D eigenvalue weighted by atomic mass is 15.2. The summed E-state index contributed by atoms with van der Waals surface area (Å²) in [6.07, 6.45) is 7.86. The van der Waals surface area contributed by atoms with Crippen LogP contribution >= 0.6 is 0 Å². The Hall–Kier alpha value is -0.930. The van der Waals surface area contributed by atoms with Crippen LogP contribution in [-0.4, -0.2) is 35.1 Å². The first-order chi connectivity index (χ1) is 7.93. The lowest BCUT2D eigenvalue weighted by molar-refractivity contribution is 0.298. The fourth-order valence-electron chi connectivity index (χ4n) is 3.07. The minimum Gasteiger partial charge on any atom is -0.308 e. The van der Waals surface area contributed by atoms with Crippen LogP contribution in [0.2, 0.25) is 0 Å². The second-order valence-corrected chi connectivity index (χ2v) is 4.88. The molecule has 2 aliphatic rings. The van der Waals surface area contributed by atoms with E-state index < -0.39 is 0 Å². The highest BCUT2D eigenvalue weighted by Crippen LogP contribution is 2.27. The average Bonchev–Trinajstić information content (AvgIpc) is 2.90. The molecule has 3 heterocycles. The lowest BCUT2D eigenvalue weighted by Gasteiger charge is -2.21. The zero-order chi connectivity index (χ0) is 10.8. The van der Waals surface area contributed by atoms with E-state index in [9.17, 15) is 0 Å². The summed E-state index contributed by atoms with van der Waals surface area (Å²) >= 11 is 0. The van der Waals surface area contributed by atoms with Gasteiger partial charge in [-0.25, -0.2) is 0 Å². The molecule has 1 aromatic rings. The molecular weight excluding hydrogens is 198 g/mol. The van der Waals surface area contributed by atoms with Crippen LogP contribution in [-0.2, 0) is 6.54 Å². The summed E-state index contributed by atoms with van der Waals surface area (Å²) in [5, 5.41) is 3.69. The van der Waals surface area contributed by atoms with Crippen LogP contribution in [0.5, 0.6) is 0 Å². The quantitative estimate of drug-likeness (QED) is 0.829. The molecule has 0 aliphatic carbocycles. The van der Waals surface area contributed by atoms with Crippen LogP contribution in [0, 0.1) is 0 Å². The Bertz CT molecular complexity index is 338. The Morgan fingerprint density at radius 2 is 2.38 bits per heavy atom. The molecule has 0 radical (unpaired) electrons. The molecule has 1 N–H and O–H groups in total. The topological polar surface area (TPSA) is 28.2 Å². The molecule has 0 saturated carbocycles. The molecule has 1 aromatic heterocycles. The van der Waals surface area contributed by atoms with Gasteiger partial charge in [0.15, 0.2) is 0 Å². The summed E-state index contributed by atoms with van der Waals surface area (Å²) < 4.78 is 0. The number of hydrogen-bond acceptors (Lipinski definition) is 3. The SMILES string of the molecule is c1cncc(CNC2CCN3CCCC23)c1. The van der Waals surface area contributed by atoms with Gasteiger partial charge in [-0.15, -0.1) is 0 Å². The van der Waals surface area contributed by atoms with Gasteiger partial charge in [-0.05, 0) is 37.4 Å². The first kappa shape index (κ1) is 10.2. The fourth-order valence-corrected chi connectivity index (χ4v) is 3.07. The molecule has 3 heteroatoms. The van der Waals surface area contributed by atoms with Crippen molar-refractivity contribution in [2.75, 3.05) is 13.1 Å². The van der Waals surface area contributed by atoms with Gasteiger partial charge in [0.1, 0.15) is 0 Å². The standard InChI is InChI=1S/C13H19N3/c1-3-11(9-14-6-1)10-15-12-5-8-16-7-2-4-13(12)16/h1,3,6,9,12-13,15H,2,4-5,7-8,10H2. The van der Waals surface area contributed by atoms with Crippen molar-refractivity contribution in [3.05, 3.63) is 30.1 Å². The van der Waals surface area contributed by atoms with Gasteiger partial charge in [0, 0.05) is 37.6 Å². The summed E-state index contributed by atoms with van der Waals surface area (Å²) in [6.45, 7) is 3.56. The number of nitrogens with one attached hydrogen (secondary N) is 1. The number of aromatic nitrogens is 1. The van der Waals surface area contributed by atoms with Crippen molar-refractivity contribution >= 4 is 0 Å². The Labute approximate surface area is 96.9 Å². The molecular formula is C13H19N3. The van der Waals surface area contributed by atoms with Gasteiger partial charge in [0.05, 0.1) is 0 Å². The van der Waals surface area contributed by atoms with E-state index in [4.69, 9.17) is 0 Å². The van der Waals surface area contributed by atoms with Crippen LogP contribution < -0.4 is 5.32 Å². The number of fused-ring (bicyclic) bond motifs is 1. The van der Waals surface area contributed by atoms with E-state index in [1.807, 2.05) is 18.5 Å². The lowest BCUT2D eigenvalue weighted by Crippen LogP contribution is -2.38. The third kappa shape index (κ3) is 1.97. The molecule has 2 unspecified atom stereocenters. The van der Waals surface area contributed by atoms with Crippen molar-refractivity contribution in [1.82, 2.24) is 15.2 Å². The third-order valence-corrected chi connectivity index (χ3v) is 3.90. The molecule has 0 bridgehead atoms. The maximum Gasteiger partial charge on any atom is 0.0312 e. The second kappa shape index (κ2) is 4.52. The second-order valence-electron chi connectivity index (χ2n) is 4.88. The molecule has 0 spiro atoms. The number of hydrogen-bond donors (Lipinski definition) is 1. The van der Waals surface area contributed by atoms with Crippen LogP contribution in [0.1, 0.15) is 24.8 Å². The van der Waals surface area contributed by atoms with Crippen LogP contribution in [0.25, 0.3) is 0 Å². The Morgan fingerprint density at radius 3 is 3.25 bits per heavy atom. The summed E-state index contributed by atoms with van der Waals surface area (Å²) in [5.74, 6) is 0. The van der Waals surface area contributed by atoms with Gasteiger partial charge >= 0.3 is 0 Å². The largest absolute Gasteiger partial charge is 0.308 e. The van der Waals surface area contributed by atoms with Gasteiger partial charge in [-0.2, -0.15) is 0 Å². The maximum atomic E-state index is 4.15. The third-order valence-electron chi connectivity index (χ3n) is 3.90. The van der Waals surface area contributed by atoms with Crippen molar-refractivity contribution in [3.63, 3.8) is 0 Å². The van der Waals surface area contributed by atoms with E-state index in [0.29, 0.717) is 6.04 Å². The highest BCUT2D eigenvalue weighted by Gasteiger charge is 2.36. The molecule has 3 nitrogen and oxygen atoms in total. The van der Waals surface area contributed by atoms with Gasteiger partial charge in [0.25, 0.3) is 0 Å². The summed E-state index contributed by atoms with van der Waals surface area (Å²) in [4.78, 5) is 6.79. The zero-order valence-corrected chi connectivity index (χ0v) is 9.60. The van der Waals surface area contributed by atoms with Gasteiger partial charge < -0.3 is 5.32 Å². The average molecular weight is 217 g/mol. The first-order valence-corrected chi connectivity index (χ1v) is 6.30. The number of nitrogens with zero attached hydrogens (tertiary/aromatic N) is 2. The van der Waals surface area contributed by atoms with E-state index in [1.165, 1.54) is 37.9 Å². The summed E-state index contributed by atoms with van der Waals surface area (Å²) in [7, 11) is 0. The Balaban J connectivity index is 1.56. The minimum atomic E-state index is 0.697. The zero-order valence-electron chi connectivity index (χ0n) is 9.60. The van der Waals surface area contributed by atoms with E-state index in [-0.39, 0.29) is 0 Å². The fraction of sp³-hybridized carbons (Fsp3) is 0.615. The van der Waals surface area contributed by atoms with Crippen LogP contribution in [0.15, 0.2) is 24.5 Å². The lowest BCUT2D eigenvalue weighted by atomic mass is 10.1. The van der Waals surface area contributed by atoms with Gasteiger partial charge in [0.2, 0.25) is 0 Å². The molecule has 86 valence electrons. The maximum absolute atomic E-state index is 4.15. The monoisotopic (exact) mass is 217 g/mol. The summed E-state index contributed by atoms with van der Waals surface area (Å²) in [5.41, 5.74) is 1.29. The predicted octanol–water partition coefficient (Wildman–Crippen LogP) is 1.41. The van der Waals surface area contributed by atoms with Gasteiger partial charge in [-0.3, -0.25) is 9.88 Å². The van der Waals surface area contributed by atoms with Crippen molar-refractivity contribution < 1.29 is 0 Å². The van der Waals surface area contributed by atoms with Gasteiger partial charge in [-0.1, -0.05) is 6.07 Å². The molecule has 16 heavy (non-hydrogen) atoms. The molecule has 0 aromatic carbocycles. The van der Waals surface area contributed by atoms with E-state index in [2.05, 4.69) is 21.3 Å². The van der Waals surface area contributed by atoms with E-state index >= 15 is 0 Å².